The Balaban J connectivity index is 1.54. The summed E-state index contributed by atoms with van der Waals surface area (Å²) in [7, 11) is -2.12. The number of nitrogens with one attached hydrogen (secondary N) is 3. The van der Waals surface area contributed by atoms with Gasteiger partial charge in [-0.3, -0.25) is 9.52 Å². The molecule has 2 heterocycles. The summed E-state index contributed by atoms with van der Waals surface area (Å²) in [6.07, 6.45) is 5.07. The molecule has 4 rings (SSSR count). The van der Waals surface area contributed by atoms with E-state index in [2.05, 4.69) is 24.7 Å². The Labute approximate surface area is 180 Å². The van der Waals surface area contributed by atoms with Gasteiger partial charge >= 0.3 is 10.2 Å². The molecule has 2 aliphatic rings. The largest absolute Gasteiger partial charge is 0.490 e. The summed E-state index contributed by atoms with van der Waals surface area (Å²) in [6, 6.07) is 8.32. The summed E-state index contributed by atoms with van der Waals surface area (Å²) in [5.74, 6) is 0.680. The summed E-state index contributed by atoms with van der Waals surface area (Å²) in [5, 5.41) is 6.07. The fourth-order valence-corrected chi connectivity index (χ4v) is 4.78. The standard InChI is InChI=1S/C20H24N6O4S/c1-22-16-11-13(7-10-23-16)19(27)24-20(8-2-3-9-20)12-30-15-6-4-5-14-17(15)18(21)26-31(28,29)25-14/h4-7,10-11,25H,2-3,8-9,12H2,1H3,(H2,21,26)(H,22,23)(H,24,27). The van der Waals surface area contributed by atoms with E-state index in [4.69, 9.17) is 10.5 Å². The lowest BCUT2D eigenvalue weighted by Gasteiger charge is -2.31. The van der Waals surface area contributed by atoms with E-state index >= 15 is 0 Å². The monoisotopic (exact) mass is 444 g/mol. The van der Waals surface area contributed by atoms with Crippen molar-refractivity contribution in [2.45, 2.75) is 31.2 Å². The maximum atomic E-state index is 12.9. The van der Waals surface area contributed by atoms with Crippen molar-refractivity contribution in [2.75, 3.05) is 23.7 Å². The zero-order chi connectivity index (χ0) is 22.1. The predicted molar refractivity (Wildman–Crippen MR) is 118 cm³/mol. The number of hydrogen-bond donors (Lipinski definition) is 4. The fraction of sp³-hybridized carbons (Fsp3) is 0.350. The Morgan fingerprint density at radius 2 is 2.06 bits per heavy atom. The summed E-state index contributed by atoms with van der Waals surface area (Å²) in [4.78, 5) is 17.0. The number of rotatable bonds is 6. The van der Waals surface area contributed by atoms with Crippen LogP contribution < -0.4 is 25.8 Å². The number of carbonyl (C=O) groups excluding carboxylic acids is 1. The van der Waals surface area contributed by atoms with Crippen LogP contribution in [0.3, 0.4) is 0 Å². The normalized spacial score (nSPS) is 18.3. The van der Waals surface area contributed by atoms with Crippen LogP contribution in [0, 0.1) is 0 Å². The van der Waals surface area contributed by atoms with E-state index in [0.717, 1.165) is 25.7 Å². The van der Waals surface area contributed by atoms with E-state index in [-0.39, 0.29) is 18.3 Å². The van der Waals surface area contributed by atoms with Crippen molar-refractivity contribution in [3.8, 4) is 5.75 Å². The Hall–Kier alpha value is -3.34. The van der Waals surface area contributed by atoms with Gasteiger partial charge in [0.25, 0.3) is 5.91 Å². The molecule has 164 valence electrons. The Morgan fingerprint density at radius 1 is 1.29 bits per heavy atom. The molecule has 0 saturated heterocycles. The summed E-state index contributed by atoms with van der Waals surface area (Å²) >= 11 is 0. The van der Waals surface area contributed by atoms with Crippen molar-refractivity contribution in [3.05, 3.63) is 47.7 Å². The van der Waals surface area contributed by atoms with Gasteiger partial charge in [0.2, 0.25) is 0 Å². The van der Waals surface area contributed by atoms with Crippen LogP contribution in [0.2, 0.25) is 0 Å². The molecule has 0 radical (unpaired) electrons. The maximum Gasteiger partial charge on any atom is 0.344 e. The first-order chi connectivity index (χ1) is 14.8. The highest BCUT2D eigenvalue weighted by Gasteiger charge is 2.37. The molecule has 0 spiro atoms. The highest BCUT2D eigenvalue weighted by atomic mass is 32.2. The Bertz CT molecular complexity index is 1140. The molecule has 0 atom stereocenters. The first kappa shape index (κ1) is 20.9. The third kappa shape index (κ3) is 4.41. The Morgan fingerprint density at radius 3 is 2.81 bits per heavy atom. The lowest BCUT2D eigenvalue weighted by Crippen LogP contribution is -2.50. The molecule has 2 aromatic rings. The minimum absolute atomic E-state index is 0.134. The fourth-order valence-electron chi connectivity index (χ4n) is 3.93. The summed E-state index contributed by atoms with van der Waals surface area (Å²) in [5.41, 5.74) is 6.57. The van der Waals surface area contributed by atoms with E-state index in [0.29, 0.717) is 28.4 Å². The van der Waals surface area contributed by atoms with E-state index in [9.17, 15) is 13.2 Å². The SMILES string of the molecule is CNc1cc(C(=O)NC2(COc3cccc4c3C(N)=NS(=O)(=O)N4)CCCC2)ccn1. The van der Waals surface area contributed by atoms with Crippen molar-refractivity contribution >= 4 is 33.5 Å². The van der Waals surface area contributed by atoms with Crippen LogP contribution in [0.1, 0.15) is 41.6 Å². The van der Waals surface area contributed by atoms with Crippen LogP contribution in [-0.2, 0) is 10.2 Å². The van der Waals surface area contributed by atoms with Crippen LogP contribution >= 0.6 is 0 Å². The molecule has 31 heavy (non-hydrogen) atoms. The predicted octanol–water partition coefficient (Wildman–Crippen LogP) is 1.62. The van der Waals surface area contributed by atoms with Gasteiger partial charge in [0.1, 0.15) is 18.2 Å². The number of nitrogens with two attached hydrogens (primary N) is 1. The molecule has 1 aliphatic heterocycles. The topological polar surface area (TPSA) is 148 Å². The van der Waals surface area contributed by atoms with Gasteiger partial charge < -0.3 is 21.1 Å². The number of benzene rings is 1. The molecule has 1 fully saturated rings. The molecular weight excluding hydrogens is 420 g/mol. The summed E-state index contributed by atoms with van der Waals surface area (Å²) in [6.45, 7) is 0.221. The number of pyridine rings is 1. The number of fused-ring (bicyclic) bond motifs is 1. The number of hydrogen-bond acceptors (Lipinski definition) is 7. The van der Waals surface area contributed by atoms with Crippen molar-refractivity contribution in [3.63, 3.8) is 0 Å². The third-order valence-electron chi connectivity index (χ3n) is 5.46. The second kappa shape index (κ2) is 8.06. The van der Waals surface area contributed by atoms with E-state index in [1.165, 1.54) is 0 Å². The molecule has 1 aliphatic carbocycles. The Kier molecular flexibility index (Phi) is 5.44. The minimum Gasteiger partial charge on any atom is -0.490 e. The van der Waals surface area contributed by atoms with Crippen LogP contribution in [0.25, 0.3) is 0 Å². The molecule has 1 amide bonds. The molecule has 11 heteroatoms. The van der Waals surface area contributed by atoms with Gasteiger partial charge in [-0.1, -0.05) is 18.9 Å². The number of carbonyl (C=O) groups is 1. The van der Waals surface area contributed by atoms with Gasteiger partial charge in [-0.05, 0) is 37.1 Å². The number of nitrogens with zero attached hydrogens (tertiary/aromatic N) is 2. The van der Waals surface area contributed by atoms with Crippen LogP contribution in [-0.4, -0.2) is 44.3 Å². The quantitative estimate of drug-likeness (QED) is 0.529. The molecule has 1 saturated carbocycles. The van der Waals surface area contributed by atoms with Crippen LogP contribution in [0.15, 0.2) is 40.9 Å². The van der Waals surface area contributed by atoms with Crippen LogP contribution in [0.4, 0.5) is 11.5 Å². The highest BCUT2D eigenvalue weighted by Crippen LogP contribution is 2.34. The molecule has 0 bridgehead atoms. The van der Waals surface area contributed by atoms with Crippen molar-refractivity contribution < 1.29 is 17.9 Å². The number of amides is 1. The van der Waals surface area contributed by atoms with Crippen molar-refractivity contribution in [1.82, 2.24) is 10.3 Å². The zero-order valence-electron chi connectivity index (χ0n) is 17.0. The molecule has 1 aromatic carbocycles. The zero-order valence-corrected chi connectivity index (χ0v) is 17.8. The van der Waals surface area contributed by atoms with Gasteiger partial charge in [0.05, 0.1) is 16.8 Å². The average Bonchev–Trinajstić information content (AvgIpc) is 3.19. The van der Waals surface area contributed by atoms with Crippen LogP contribution in [0.5, 0.6) is 5.75 Å². The first-order valence-electron chi connectivity index (χ1n) is 9.92. The second-order valence-corrected chi connectivity index (χ2v) is 8.98. The van der Waals surface area contributed by atoms with E-state index in [1.54, 1.807) is 43.6 Å². The van der Waals surface area contributed by atoms with Gasteiger partial charge in [-0.2, -0.15) is 8.42 Å². The number of aromatic nitrogens is 1. The molecule has 5 N–H and O–H groups in total. The molecule has 10 nitrogen and oxygen atoms in total. The minimum atomic E-state index is -3.87. The average molecular weight is 445 g/mol. The number of ether oxygens (including phenoxy) is 1. The van der Waals surface area contributed by atoms with Gasteiger partial charge in [-0.15, -0.1) is 4.40 Å². The molecular formula is C20H24N6O4S. The maximum absolute atomic E-state index is 12.9. The first-order valence-corrected chi connectivity index (χ1v) is 11.4. The number of amidine groups is 1. The third-order valence-corrected chi connectivity index (χ3v) is 6.38. The lowest BCUT2D eigenvalue weighted by atomic mass is 9.98. The van der Waals surface area contributed by atoms with Gasteiger partial charge in [0.15, 0.2) is 5.84 Å². The lowest BCUT2D eigenvalue weighted by molar-refractivity contribution is 0.0855. The van der Waals surface area contributed by atoms with Gasteiger partial charge in [-0.25, -0.2) is 4.98 Å². The second-order valence-electron chi connectivity index (χ2n) is 7.64. The van der Waals surface area contributed by atoms with Crippen molar-refractivity contribution in [1.29, 1.82) is 0 Å². The van der Waals surface area contributed by atoms with E-state index in [1.807, 2.05) is 0 Å². The van der Waals surface area contributed by atoms with E-state index < -0.39 is 15.7 Å². The molecule has 0 unspecified atom stereocenters. The summed E-state index contributed by atoms with van der Waals surface area (Å²) < 4.78 is 35.5. The van der Waals surface area contributed by atoms with Gasteiger partial charge in [0, 0.05) is 18.8 Å². The highest BCUT2D eigenvalue weighted by molar-refractivity contribution is 7.91. The van der Waals surface area contributed by atoms with Crippen molar-refractivity contribution in [2.24, 2.45) is 10.1 Å². The molecule has 1 aromatic heterocycles. The smallest absolute Gasteiger partial charge is 0.344 e. The number of anilines is 2.